The minimum Gasteiger partial charge on any atom is -0.497 e. The first-order valence-electron chi connectivity index (χ1n) is 9.53. The average molecular weight is 379 g/mol. The van der Waals surface area contributed by atoms with Gasteiger partial charge in [0.15, 0.2) is 0 Å². The Balaban J connectivity index is 1.56. The number of aromatic nitrogens is 1. The lowest BCUT2D eigenvalue weighted by atomic mass is 9.97. The number of hydrogen-bond donors (Lipinski definition) is 2. The molecular formula is C22H25N3O3. The van der Waals surface area contributed by atoms with E-state index in [4.69, 9.17) is 4.74 Å². The van der Waals surface area contributed by atoms with E-state index >= 15 is 0 Å². The van der Waals surface area contributed by atoms with Crippen molar-refractivity contribution in [2.45, 2.75) is 32.1 Å². The Bertz CT molecular complexity index is 860. The molecule has 1 heterocycles. The highest BCUT2D eigenvalue weighted by Gasteiger charge is 2.12. The first-order chi connectivity index (χ1) is 13.7. The van der Waals surface area contributed by atoms with E-state index in [0.717, 1.165) is 19.3 Å². The van der Waals surface area contributed by atoms with Crippen LogP contribution in [0.15, 0.2) is 54.2 Å². The van der Waals surface area contributed by atoms with Crippen LogP contribution in [0.1, 0.15) is 53.0 Å². The SMILES string of the molecule is COc1ccc(NC(=O)c2cc(C(=O)NCCC3=CCCCC3)ccn2)cc1. The number of pyridine rings is 1. The second-order valence-corrected chi connectivity index (χ2v) is 6.73. The number of carbonyl (C=O) groups is 2. The second-order valence-electron chi connectivity index (χ2n) is 6.73. The maximum absolute atomic E-state index is 12.4. The smallest absolute Gasteiger partial charge is 0.274 e. The summed E-state index contributed by atoms with van der Waals surface area (Å²) in [6.45, 7) is 0.598. The zero-order valence-corrected chi connectivity index (χ0v) is 16.0. The van der Waals surface area contributed by atoms with Crippen molar-refractivity contribution in [3.05, 3.63) is 65.5 Å². The molecule has 2 amide bonds. The number of nitrogens with zero attached hydrogens (tertiary/aromatic N) is 1. The third-order valence-corrected chi connectivity index (χ3v) is 4.72. The van der Waals surface area contributed by atoms with Gasteiger partial charge in [0.25, 0.3) is 11.8 Å². The number of benzene rings is 1. The number of amides is 2. The number of carbonyl (C=O) groups excluding carboxylic acids is 2. The molecule has 3 rings (SSSR count). The maximum atomic E-state index is 12.4. The zero-order valence-electron chi connectivity index (χ0n) is 16.0. The van der Waals surface area contributed by atoms with E-state index in [9.17, 15) is 9.59 Å². The van der Waals surface area contributed by atoms with Gasteiger partial charge in [-0.05, 0) is 68.5 Å². The monoisotopic (exact) mass is 379 g/mol. The standard InChI is InChI=1S/C22H25N3O3/c1-28-19-9-7-18(8-10-19)25-22(27)20-15-17(12-14-23-20)21(26)24-13-11-16-5-3-2-4-6-16/h5,7-10,12,14-15H,2-4,6,11,13H2,1H3,(H,24,26)(H,25,27). The Labute approximate surface area is 165 Å². The van der Waals surface area contributed by atoms with Gasteiger partial charge in [0.2, 0.25) is 0 Å². The van der Waals surface area contributed by atoms with E-state index < -0.39 is 0 Å². The first-order valence-corrected chi connectivity index (χ1v) is 9.53. The molecule has 0 radical (unpaired) electrons. The minimum atomic E-state index is -0.368. The maximum Gasteiger partial charge on any atom is 0.274 e. The summed E-state index contributed by atoms with van der Waals surface area (Å²) >= 11 is 0. The summed E-state index contributed by atoms with van der Waals surface area (Å²) in [6.07, 6.45) is 9.39. The lowest BCUT2D eigenvalue weighted by molar-refractivity contribution is 0.0954. The summed E-state index contributed by atoms with van der Waals surface area (Å²) in [5.74, 6) is 0.142. The third-order valence-electron chi connectivity index (χ3n) is 4.72. The van der Waals surface area contributed by atoms with Crippen molar-refractivity contribution in [2.24, 2.45) is 0 Å². The van der Waals surface area contributed by atoms with Gasteiger partial charge in [0.05, 0.1) is 7.11 Å². The van der Waals surface area contributed by atoms with Gasteiger partial charge in [0.1, 0.15) is 11.4 Å². The molecule has 1 aliphatic carbocycles. The van der Waals surface area contributed by atoms with Crippen LogP contribution in [0, 0.1) is 0 Å². The number of allylic oxidation sites excluding steroid dienone is 1. The van der Waals surface area contributed by atoms with Gasteiger partial charge in [-0.15, -0.1) is 0 Å². The highest BCUT2D eigenvalue weighted by atomic mass is 16.5. The van der Waals surface area contributed by atoms with E-state index in [2.05, 4.69) is 21.7 Å². The normalized spacial score (nSPS) is 13.4. The molecule has 1 aromatic carbocycles. The van der Waals surface area contributed by atoms with E-state index in [0.29, 0.717) is 23.5 Å². The average Bonchev–Trinajstić information content (AvgIpc) is 2.75. The molecule has 0 atom stereocenters. The van der Waals surface area contributed by atoms with Crippen LogP contribution < -0.4 is 15.4 Å². The molecule has 0 saturated heterocycles. The van der Waals surface area contributed by atoms with Gasteiger partial charge in [-0.25, -0.2) is 0 Å². The lowest BCUT2D eigenvalue weighted by Crippen LogP contribution is -2.25. The number of hydrogen-bond acceptors (Lipinski definition) is 4. The summed E-state index contributed by atoms with van der Waals surface area (Å²) in [4.78, 5) is 28.9. The predicted octanol–water partition coefficient (Wildman–Crippen LogP) is 3.96. The van der Waals surface area contributed by atoms with Crippen molar-refractivity contribution >= 4 is 17.5 Å². The van der Waals surface area contributed by atoms with Crippen molar-refractivity contribution in [2.75, 3.05) is 19.0 Å². The fourth-order valence-electron chi connectivity index (χ4n) is 3.14. The summed E-state index contributed by atoms with van der Waals surface area (Å²) in [6, 6.07) is 10.1. The third kappa shape index (κ3) is 5.42. The molecule has 0 saturated carbocycles. The van der Waals surface area contributed by atoms with E-state index in [1.807, 2.05) is 0 Å². The topological polar surface area (TPSA) is 80.3 Å². The fraction of sp³-hybridized carbons (Fsp3) is 0.318. The Morgan fingerprint density at radius 3 is 2.64 bits per heavy atom. The van der Waals surface area contributed by atoms with Crippen LogP contribution in [0.3, 0.4) is 0 Å². The van der Waals surface area contributed by atoms with Crippen LogP contribution in [0.2, 0.25) is 0 Å². The largest absolute Gasteiger partial charge is 0.497 e. The molecule has 0 unspecified atom stereocenters. The Hall–Kier alpha value is -3.15. The van der Waals surface area contributed by atoms with Crippen LogP contribution in [-0.4, -0.2) is 30.5 Å². The first kappa shape index (κ1) is 19.6. The minimum absolute atomic E-state index is 0.193. The molecule has 1 aliphatic rings. The van der Waals surface area contributed by atoms with Gasteiger partial charge < -0.3 is 15.4 Å². The molecule has 6 heteroatoms. The highest BCUT2D eigenvalue weighted by molar-refractivity contribution is 6.04. The van der Waals surface area contributed by atoms with Crippen molar-refractivity contribution in [1.29, 1.82) is 0 Å². The Morgan fingerprint density at radius 2 is 1.93 bits per heavy atom. The fourth-order valence-corrected chi connectivity index (χ4v) is 3.14. The molecule has 0 spiro atoms. The molecule has 1 aromatic heterocycles. The van der Waals surface area contributed by atoms with Gasteiger partial charge in [0, 0.05) is 24.0 Å². The van der Waals surface area contributed by atoms with E-state index in [1.165, 1.54) is 30.7 Å². The number of ether oxygens (including phenoxy) is 1. The number of methoxy groups -OCH3 is 1. The van der Waals surface area contributed by atoms with Gasteiger partial charge in [-0.2, -0.15) is 0 Å². The van der Waals surface area contributed by atoms with Gasteiger partial charge in [-0.1, -0.05) is 11.6 Å². The molecule has 28 heavy (non-hydrogen) atoms. The van der Waals surface area contributed by atoms with Crippen molar-refractivity contribution < 1.29 is 14.3 Å². The second kappa shape index (κ2) is 9.69. The molecule has 146 valence electrons. The Morgan fingerprint density at radius 1 is 1.11 bits per heavy atom. The Kier molecular flexibility index (Phi) is 6.78. The van der Waals surface area contributed by atoms with Crippen LogP contribution in [0.25, 0.3) is 0 Å². The van der Waals surface area contributed by atoms with Crippen LogP contribution in [0.5, 0.6) is 5.75 Å². The molecule has 2 N–H and O–H groups in total. The van der Waals surface area contributed by atoms with Crippen molar-refractivity contribution in [3.8, 4) is 5.75 Å². The molecule has 0 fully saturated rings. The molecule has 0 bridgehead atoms. The number of anilines is 1. The molecule has 0 aliphatic heterocycles. The van der Waals surface area contributed by atoms with Gasteiger partial charge >= 0.3 is 0 Å². The summed E-state index contributed by atoms with van der Waals surface area (Å²) in [7, 11) is 1.58. The summed E-state index contributed by atoms with van der Waals surface area (Å²) in [5.41, 5.74) is 2.66. The molecular weight excluding hydrogens is 354 g/mol. The lowest BCUT2D eigenvalue weighted by Gasteiger charge is -2.13. The quantitative estimate of drug-likeness (QED) is 0.714. The van der Waals surface area contributed by atoms with E-state index in [-0.39, 0.29) is 17.5 Å². The zero-order chi connectivity index (χ0) is 19.8. The number of nitrogens with one attached hydrogen (secondary N) is 2. The highest BCUT2D eigenvalue weighted by Crippen LogP contribution is 2.19. The van der Waals surface area contributed by atoms with E-state index in [1.54, 1.807) is 37.4 Å². The van der Waals surface area contributed by atoms with Gasteiger partial charge in [-0.3, -0.25) is 14.6 Å². The van der Waals surface area contributed by atoms with Crippen LogP contribution >= 0.6 is 0 Å². The van der Waals surface area contributed by atoms with Crippen LogP contribution in [0.4, 0.5) is 5.69 Å². The predicted molar refractivity (Wildman–Crippen MR) is 109 cm³/mol. The van der Waals surface area contributed by atoms with Crippen LogP contribution in [-0.2, 0) is 0 Å². The number of rotatable bonds is 7. The summed E-state index contributed by atoms with van der Waals surface area (Å²) in [5, 5.41) is 5.69. The molecule has 6 nitrogen and oxygen atoms in total. The molecule has 2 aromatic rings. The van der Waals surface area contributed by atoms with Crippen molar-refractivity contribution in [1.82, 2.24) is 10.3 Å². The van der Waals surface area contributed by atoms with Crippen molar-refractivity contribution in [3.63, 3.8) is 0 Å². The summed E-state index contributed by atoms with van der Waals surface area (Å²) < 4.78 is 5.10.